The third-order valence-corrected chi connectivity index (χ3v) is 4.36. The molecule has 25 heavy (non-hydrogen) atoms. The molecule has 1 aliphatic heterocycles. The van der Waals surface area contributed by atoms with Crippen LogP contribution in [0.5, 0.6) is 0 Å². The first kappa shape index (κ1) is 17.0. The lowest BCUT2D eigenvalue weighted by Crippen LogP contribution is -2.28. The molecule has 1 amide bonds. The molecule has 3 rings (SSSR count). The quantitative estimate of drug-likeness (QED) is 0.600. The summed E-state index contributed by atoms with van der Waals surface area (Å²) in [6, 6.07) is 19.1. The monoisotopic (exact) mass is 339 g/mol. The first-order valence-electron chi connectivity index (χ1n) is 8.28. The zero-order valence-corrected chi connectivity index (χ0v) is 14.1. The molecule has 0 saturated carbocycles. The maximum Gasteiger partial charge on any atom is 0.410 e. The van der Waals surface area contributed by atoms with E-state index in [-0.39, 0.29) is 24.5 Å². The third-order valence-electron chi connectivity index (χ3n) is 4.36. The Hall–Kier alpha value is -2.82. The Morgan fingerprint density at radius 2 is 1.64 bits per heavy atom. The molecule has 2 aromatic carbocycles. The molecular weight excluding hydrogens is 318 g/mol. The van der Waals surface area contributed by atoms with Gasteiger partial charge >= 0.3 is 12.1 Å². The van der Waals surface area contributed by atoms with Gasteiger partial charge in [0.05, 0.1) is 19.1 Å². The highest BCUT2D eigenvalue weighted by atomic mass is 16.6. The number of amides is 1. The summed E-state index contributed by atoms with van der Waals surface area (Å²) < 4.78 is 10.3. The van der Waals surface area contributed by atoms with E-state index >= 15 is 0 Å². The van der Waals surface area contributed by atoms with Crippen LogP contribution in [0.4, 0.5) is 4.79 Å². The minimum absolute atomic E-state index is 0.170. The number of nitrogens with zero attached hydrogens (tertiary/aromatic N) is 1. The van der Waals surface area contributed by atoms with Gasteiger partial charge in [0.15, 0.2) is 0 Å². The highest BCUT2D eigenvalue weighted by Crippen LogP contribution is 2.30. The number of benzene rings is 2. The highest BCUT2D eigenvalue weighted by Gasteiger charge is 2.48. The third kappa shape index (κ3) is 4.38. The second kappa shape index (κ2) is 7.83. The minimum atomic E-state index is -0.393. The molecule has 2 atom stereocenters. The summed E-state index contributed by atoms with van der Waals surface area (Å²) in [4.78, 5) is 25.9. The molecule has 0 N–H and O–H groups in total. The predicted octanol–water partition coefficient (Wildman–Crippen LogP) is 3.04. The van der Waals surface area contributed by atoms with Crippen molar-refractivity contribution in [3.05, 3.63) is 71.8 Å². The van der Waals surface area contributed by atoms with Crippen molar-refractivity contribution in [3.63, 3.8) is 0 Å². The Balaban J connectivity index is 1.58. The van der Waals surface area contributed by atoms with E-state index in [1.807, 2.05) is 60.7 Å². The van der Waals surface area contributed by atoms with E-state index in [0.717, 1.165) is 11.1 Å². The molecule has 130 valence electrons. The Morgan fingerprint density at radius 3 is 2.24 bits per heavy atom. The Labute approximate surface area is 147 Å². The summed E-state index contributed by atoms with van der Waals surface area (Å²) in [7, 11) is 1.38. The van der Waals surface area contributed by atoms with Crippen molar-refractivity contribution in [1.82, 2.24) is 4.90 Å². The SMILES string of the molecule is COC(=O)[C@@H](Cc1ccccc1)[C@@H]1CN1C(=O)OCc1ccccc1. The first-order chi connectivity index (χ1) is 12.2. The maximum atomic E-state index is 12.2. The van der Waals surface area contributed by atoms with Crippen molar-refractivity contribution in [2.45, 2.75) is 19.1 Å². The molecule has 1 saturated heterocycles. The molecule has 5 heteroatoms. The fraction of sp³-hybridized carbons (Fsp3) is 0.300. The molecule has 2 aromatic rings. The van der Waals surface area contributed by atoms with Crippen LogP contribution in [-0.4, -0.2) is 36.7 Å². The normalized spacial score (nSPS) is 16.8. The van der Waals surface area contributed by atoms with Crippen molar-refractivity contribution in [2.24, 2.45) is 5.92 Å². The van der Waals surface area contributed by atoms with Gasteiger partial charge in [0.1, 0.15) is 6.61 Å². The van der Waals surface area contributed by atoms with E-state index in [2.05, 4.69) is 0 Å². The van der Waals surface area contributed by atoms with E-state index in [1.54, 1.807) is 4.90 Å². The molecule has 1 heterocycles. The smallest absolute Gasteiger partial charge is 0.410 e. The van der Waals surface area contributed by atoms with Crippen LogP contribution in [0.1, 0.15) is 11.1 Å². The average Bonchev–Trinajstić information content (AvgIpc) is 3.46. The van der Waals surface area contributed by atoms with E-state index in [1.165, 1.54) is 7.11 Å². The van der Waals surface area contributed by atoms with Crippen LogP contribution < -0.4 is 0 Å². The summed E-state index contributed by atoms with van der Waals surface area (Å²) in [5.74, 6) is -0.677. The zero-order valence-electron chi connectivity index (χ0n) is 14.1. The molecule has 1 fully saturated rings. The van der Waals surface area contributed by atoms with Crippen molar-refractivity contribution in [1.29, 1.82) is 0 Å². The highest BCUT2D eigenvalue weighted by molar-refractivity contribution is 5.78. The Bertz CT molecular complexity index is 717. The lowest BCUT2D eigenvalue weighted by Gasteiger charge is -2.15. The standard InChI is InChI=1S/C20H21NO4/c1-24-19(22)17(12-15-8-4-2-5-9-15)18-13-21(18)20(23)25-14-16-10-6-3-7-11-16/h2-11,17-18H,12-14H2,1H3/t17-,18-,21?/m0/s1. The number of rotatable bonds is 6. The molecule has 0 radical (unpaired) electrons. The van der Waals surface area contributed by atoms with Gasteiger partial charge in [-0.15, -0.1) is 0 Å². The van der Waals surface area contributed by atoms with Gasteiger partial charge in [0.2, 0.25) is 0 Å². The average molecular weight is 339 g/mol. The zero-order chi connectivity index (χ0) is 17.6. The number of esters is 1. The van der Waals surface area contributed by atoms with Gasteiger partial charge in [-0.3, -0.25) is 4.79 Å². The largest absolute Gasteiger partial charge is 0.469 e. The van der Waals surface area contributed by atoms with Gasteiger partial charge in [0, 0.05) is 6.54 Å². The fourth-order valence-corrected chi connectivity index (χ4v) is 2.91. The van der Waals surface area contributed by atoms with E-state index in [4.69, 9.17) is 9.47 Å². The second-order valence-corrected chi connectivity index (χ2v) is 6.08. The van der Waals surface area contributed by atoms with Gasteiger partial charge in [-0.2, -0.15) is 0 Å². The van der Waals surface area contributed by atoms with Crippen LogP contribution in [0.25, 0.3) is 0 Å². The van der Waals surface area contributed by atoms with Crippen LogP contribution in [0.3, 0.4) is 0 Å². The van der Waals surface area contributed by atoms with E-state index in [0.29, 0.717) is 13.0 Å². The molecule has 1 aliphatic rings. The molecular formula is C20H21NO4. The van der Waals surface area contributed by atoms with Crippen LogP contribution in [0.2, 0.25) is 0 Å². The van der Waals surface area contributed by atoms with Gasteiger partial charge in [-0.05, 0) is 17.5 Å². The number of ether oxygens (including phenoxy) is 2. The molecule has 5 nitrogen and oxygen atoms in total. The predicted molar refractivity (Wildman–Crippen MR) is 92.8 cm³/mol. The molecule has 0 aliphatic carbocycles. The van der Waals surface area contributed by atoms with E-state index in [9.17, 15) is 9.59 Å². The second-order valence-electron chi connectivity index (χ2n) is 6.08. The number of hydrogen-bond donors (Lipinski definition) is 0. The van der Waals surface area contributed by atoms with Crippen LogP contribution in [0.15, 0.2) is 60.7 Å². The number of methoxy groups -OCH3 is 1. The molecule has 0 bridgehead atoms. The molecule has 0 aromatic heterocycles. The molecule has 0 unspecified atom stereocenters. The first-order valence-corrected chi connectivity index (χ1v) is 8.28. The summed E-state index contributed by atoms with van der Waals surface area (Å²) in [6.07, 6.45) is 0.150. The van der Waals surface area contributed by atoms with Gasteiger partial charge in [0.25, 0.3) is 0 Å². The summed E-state index contributed by atoms with van der Waals surface area (Å²) >= 11 is 0. The topological polar surface area (TPSA) is 55.6 Å². The van der Waals surface area contributed by atoms with E-state index < -0.39 is 6.09 Å². The van der Waals surface area contributed by atoms with Crippen LogP contribution in [0, 0.1) is 5.92 Å². The van der Waals surface area contributed by atoms with Crippen LogP contribution in [-0.2, 0) is 27.3 Å². The lowest BCUT2D eigenvalue weighted by molar-refractivity contribution is -0.145. The summed E-state index contributed by atoms with van der Waals surface area (Å²) in [6.45, 7) is 0.741. The Morgan fingerprint density at radius 1 is 1.04 bits per heavy atom. The van der Waals surface area contributed by atoms with Crippen LogP contribution >= 0.6 is 0 Å². The fourth-order valence-electron chi connectivity index (χ4n) is 2.91. The van der Waals surface area contributed by atoms with Crippen molar-refractivity contribution in [2.75, 3.05) is 13.7 Å². The van der Waals surface area contributed by atoms with Gasteiger partial charge in [-0.1, -0.05) is 60.7 Å². The number of hydrogen-bond acceptors (Lipinski definition) is 4. The maximum absolute atomic E-state index is 12.2. The Kier molecular flexibility index (Phi) is 5.33. The van der Waals surface area contributed by atoms with Gasteiger partial charge in [-0.25, -0.2) is 4.79 Å². The molecule has 0 spiro atoms. The minimum Gasteiger partial charge on any atom is -0.469 e. The number of carbonyl (C=O) groups excluding carboxylic acids is 2. The van der Waals surface area contributed by atoms with Crippen molar-refractivity contribution < 1.29 is 19.1 Å². The van der Waals surface area contributed by atoms with Crippen molar-refractivity contribution in [3.8, 4) is 0 Å². The lowest BCUT2D eigenvalue weighted by atomic mass is 9.96. The van der Waals surface area contributed by atoms with Crippen molar-refractivity contribution >= 4 is 12.1 Å². The summed E-state index contributed by atoms with van der Waals surface area (Å²) in [5, 5.41) is 0. The van der Waals surface area contributed by atoms with Gasteiger partial charge < -0.3 is 14.4 Å². The summed E-state index contributed by atoms with van der Waals surface area (Å²) in [5.41, 5.74) is 1.98. The number of carbonyl (C=O) groups is 2.